The monoisotopic (exact) mass is 350 g/mol. The van der Waals surface area contributed by atoms with Crippen LogP contribution in [0.25, 0.3) is 11.8 Å². The third kappa shape index (κ3) is 3.31. The van der Waals surface area contributed by atoms with E-state index in [0.29, 0.717) is 11.8 Å². The number of phenolic OH excluding ortho intramolecular Hbond substituents is 1. The predicted molar refractivity (Wildman–Crippen MR) is 101 cm³/mol. The number of phenols is 1. The average Bonchev–Trinajstić information content (AvgIpc) is 3.00. The molecule has 0 aliphatic carbocycles. The summed E-state index contributed by atoms with van der Waals surface area (Å²) in [5.41, 5.74) is 8.70. The molecule has 0 saturated heterocycles. The van der Waals surface area contributed by atoms with Gasteiger partial charge in [0.15, 0.2) is 0 Å². The van der Waals surface area contributed by atoms with Crippen LogP contribution < -0.4 is 21.4 Å². The first-order valence-electron chi connectivity index (χ1n) is 7.68. The van der Waals surface area contributed by atoms with Gasteiger partial charge in [0, 0.05) is 0 Å². The van der Waals surface area contributed by atoms with Crippen molar-refractivity contribution in [2.24, 2.45) is 10.7 Å². The number of nitrogens with two attached hydrogens (primary N) is 1. The average molecular weight is 350 g/mol. The Morgan fingerprint density at radius 3 is 2.64 bits per heavy atom. The SMILES string of the molecule is NC1=Nc2[nH+]c(Nc3ccccc3)sc2/C(=C/c2ccc(O)cc2)N1. The van der Waals surface area contributed by atoms with Gasteiger partial charge in [0.05, 0.1) is 11.4 Å². The van der Waals surface area contributed by atoms with Gasteiger partial charge in [0.25, 0.3) is 16.9 Å². The number of hydrogen-bond donors (Lipinski definition) is 4. The first-order chi connectivity index (χ1) is 12.2. The number of hydrogen-bond acceptors (Lipinski definition) is 6. The second-order valence-electron chi connectivity index (χ2n) is 5.50. The van der Waals surface area contributed by atoms with Crippen molar-refractivity contribution in [1.82, 2.24) is 5.32 Å². The highest BCUT2D eigenvalue weighted by molar-refractivity contribution is 7.16. The summed E-state index contributed by atoms with van der Waals surface area (Å²) in [6.07, 6.45) is 1.97. The molecule has 0 saturated carbocycles. The molecule has 1 aliphatic rings. The lowest BCUT2D eigenvalue weighted by Gasteiger charge is -2.10. The Kier molecular flexibility index (Phi) is 3.83. The molecule has 6 N–H and O–H groups in total. The van der Waals surface area contributed by atoms with Crippen LogP contribution in [0, 0.1) is 0 Å². The number of thiazole rings is 1. The molecule has 1 aromatic heterocycles. The van der Waals surface area contributed by atoms with Gasteiger partial charge in [0.2, 0.25) is 0 Å². The molecule has 0 unspecified atom stereocenters. The van der Waals surface area contributed by atoms with Crippen molar-refractivity contribution in [3.05, 3.63) is 65.0 Å². The summed E-state index contributed by atoms with van der Waals surface area (Å²) >= 11 is 1.55. The van der Waals surface area contributed by atoms with Gasteiger partial charge in [-0.2, -0.15) is 0 Å². The first kappa shape index (κ1) is 15.2. The highest BCUT2D eigenvalue weighted by atomic mass is 32.1. The standard InChI is InChI=1S/C18H15N5OS/c19-17-21-14(10-11-6-8-13(24)9-7-11)15-16(22-17)23-18(25-15)20-12-4-2-1-3-5-12/h1-10,24H,(H,20,23)(H3,19,21,22)/p+1/b14-10-. The number of H-pyrrole nitrogens is 1. The van der Waals surface area contributed by atoms with Crippen molar-refractivity contribution >= 4 is 45.7 Å². The summed E-state index contributed by atoms with van der Waals surface area (Å²) in [5.74, 6) is 1.28. The molecule has 0 spiro atoms. The molecule has 1 aliphatic heterocycles. The molecular formula is C18H16N5OS+. The fourth-order valence-corrected chi connectivity index (χ4v) is 3.43. The molecule has 7 heteroatoms. The van der Waals surface area contributed by atoms with Gasteiger partial charge in [-0.15, -0.1) is 0 Å². The Labute approximate surface area is 148 Å². The van der Waals surface area contributed by atoms with Gasteiger partial charge in [-0.05, 0) is 35.9 Å². The van der Waals surface area contributed by atoms with E-state index in [0.717, 1.165) is 27.0 Å². The second-order valence-corrected chi connectivity index (χ2v) is 6.52. The van der Waals surface area contributed by atoms with Crippen LogP contribution in [0.3, 0.4) is 0 Å². The summed E-state index contributed by atoms with van der Waals surface area (Å²) in [7, 11) is 0. The lowest BCUT2D eigenvalue weighted by Crippen LogP contribution is -2.32. The summed E-state index contributed by atoms with van der Waals surface area (Å²) in [5, 5.41) is 16.7. The minimum Gasteiger partial charge on any atom is -0.508 e. The number of guanidine groups is 1. The summed E-state index contributed by atoms with van der Waals surface area (Å²) in [6, 6.07) is 16.9. The van der Waals surface area contributed by atoms with Gasteiger partial charge < -0.3 is 16.2 Å². The number of para-hydroxylation sites is 1. The Morgan fingerprint density at radius 2 is 1.88 bits per heavy atom. The van der Waals surface area contributed by atoms with Crippen LogP contribution in [0.4, 0.5) is 16.6 Å². The molecule has 0 fully saturated rings. The summed E-state index contributed by atoms with van der Waals surface area (Å²) in [4.78, 5) is 8.55. The van der Waals surface area contributed by atoms with Gasteiger partial charge in [-0.3, -0.25) is 5.32 Å². The third-order valence-electron chi connectivity index (χ3n) is 3.63. The quantitative estimate of drug-likeness (QED) is 0.584. The van der Waals surface area contributed by atoms with Gasteiger partial charge in [-0.25, -0.2) is 4.98 Å². The number of aromatic nitrogens is 1. The van der Waals surface area contributed by atoms with E-state index in [1.165, 1.54) is 0 Å². The first-order valence-corrected chi connectivity index (χ1v) is 8.49. The van der Waals surface area contributed by atoms with Crippen molar-refractivity contribution < 1.29 is 10.1 Å². The maximum Gasteiger partial charge on any atom is 0.285 e. The molecule has 0 bridgehead atoms. The molecule has 0 radical (unpaired) electrons. The smallest absolute Gasteiger partial charge is 0.285 e. The van der Waals surface area contributed by atoms with E-state index in [4.69, 9.17) is 5.73 Å². The maximum absolute atomic E-state index is 9.42. The molecule has 2 heterocycles. The highest BCUT2D eigenvalue weighted by Crippen LogP contribution is 2.34. The van der Waals surface area contributed by atoms with Crippen LogP contribution in [0.15, 0.2) is 59.6 Å². The number of rotatable bonds is 3. The van der Waals surface area contributed by atoms with Crippen LogP contribution in [0.2, 0.25) is 0 Å². The number of fused-ring (bicyclic) bond motifs is 1. The van der Waals surface area contributed by atoms with Crippen molar-refractivity contribution in [2.75, 3.05) is 5.32 Å². The number of anilines is 2. The molecule has 0 atom stereocenters. The van der Waals surface area contributed by atoms with Crippen molar-refractivity contribution in [1.29, 1.82) is 0 Å². The van der Waals surface area contributed by atoms with E-state index in [9.17, 15) is 5.11 Å². The fraction of sp³-hybridized carbons (Fsp3) is 0. The summed E-state index contributed by atoms with van der Waals surface area (Å²) in [6.45, 7) is 0. The second kappa shape index (κ2) is 6.29. The highest BCUT2D eigenvalue weighted by Gasteiger charge is 2.25. The van der Waals surface area contributed by atoms with E-state index in [1.54, 1.807) is 23.5 Å². The minimum absolute atomic E-state index is 0.235. The van der Waals surface area contributed by atoms with Crippen molar-refractivity contribution in [3.63, 3.8) is 0 Å². The van der Waals surface area contributed by atoms with E-state index in [2.05, 4.69) is 20.6 Å². The Hall–Kier alpha value is -3.32. The molecule has 3 aromatic rings. The molecule has 4 rings (SSSR count). The number of nitrogens with one attached hydrogen (secondary N) is 3. The van der Waals surface area contributed by atoms with Crippen molar-refractivity contribution in [2.45, 2.75) is 0 Å². The number of benzene rings is 2. The fourth-order valence-electron chi connectivity index (χ4n) is 2.49. The van der Waals surface area contributed by atoms with Crippen LogP contribution >= 0.6 is 11.3 Å². The molecule has 2 aromatic carbocycles. The van der Waals surface area contributed by atoms with Crippen LogP contribution in [0.5, 0.6) is 5.75 Å². The topological polar surface area (TPSA) is 96.8 Å². The van der Waals surface area contributed by atoms with E-state index in [1.807, 2.05) is 48.5 Å². The molecular weight excluding hydrogens is 334 g/mol. The lowest BCUT2D eigenvalue weighted by molar-refractivity contribution is -0.339. The number of aliphatic imine (C=N–C) groups is 1. The van der Waals surface area contributed by atoms with Gasteiger partial charge in [0.1, 0.15) is 10.6 Å². The van der Waals surface area contributed by atoms with Crippen molar-refractivity contribution in [3.8, 4) is 5.75 Å². The zero-order chi connectivity index (χ0) is 17.2. The lowest BCUT2D eigenvalue weighted by atomic mass is 10.1. The number of aromatic amines is 1. The maximum atomic E-state index is 9.42. The van der Waals surface area contributed by atoms with Gasteiger partial charge in [-0.1, -0.05) is 46.7 Å². The van der Waals surface area contributed by atoms with Crippen LogP contribution in [-0.2, 0) is 0 Å². The van der Waals surface area contributed by atoms with Gasteiger partial charge >= 0.3 is 0 Å². The Morgan fingerprint density at radius 1 is 1.12 bits per heavy atom. The summed E-state index contributed by atoms with van der Waals surface area (Å²) < 4.78 is 0. The van der Waals surface area contributed by atoms with E-state index in [-0.39, 0.29) is 5.75 Å². The Bertz CT molecular complexity index is 961. The largest absolute Gasteiger partial charge is 0.508 e. The molecule has 25 heavy (non-hydrogen) atoms. The number of nitrogens with zero attached hydrogens (tertiary/aromatic N) is 1. The normalized spacial score (nSPS) is 14.6. The zero-order valence-corrected chi connectivity index (χ0v) is 14.0. The predicted octanol–water partition coefficient (Wildman–Crippen LogP) is 3.06. The van der Waals surface area contributed by atoms with Crippen LogP contribution in [0.1, 0.15) is 10.4 Å². The van der Waals surface area contributed by atoms with E-state index >= 15 is 0 Å². The minimum atomic E-state index is 0.235. The van der Waals surface area contributed by atoms with Crippen LogP contribution in [-0.4, -0.2) is 11.1 Å². The number of aromatic hydroxyl groups is 1. The third-order valence-corrected chi connectivity index (χ3v) is 4.65. The molecule has 0 amide bonds. The Balaban J connectivity index is 1.69. The zero-order valence-electron chi connectivity index (χ0n) is 13.2. The van der Waals surface area contributed by atoms with E-state index < -0.39 is 0 Å². The molecule has 124 valence electrons. The molecule has 6 nitrogen and oxygen atoms in total.